The van der Waals surface area contributed by atoms with Gasteiger partial charge in [-0.25, -0.2) is 9.79 Å². The first-order valence-electron chi connectivity index (χ1n) is 3.59. The number of nitrogens with zero attached hydrogens (tertiary/aromatic N) is 2. The van der Waals surface area contributed by atoms with Crippen LogP contribution in [0, 0.1) is 0 Å². The van der Waals surface area contributed by atoms with Crippen molar-refractivity contribution in [2.75, 3.05) is 0 Å². The molecule has 0 unspecified atom stereocenters. The van der Waals surface area contributed by atoms with Crippen molar-refractivity contribution in [1.29, 1.82) is 0 Å². The summed E-state index contributed by atoms with van der Waals surface area (Å²) in [6, 6.07) is 0.843. The van der Waals surface area contributed by atoms with Gasteiger partial charge in [0.05, 0.1) is 12.1 Å². The molecule has 0 aromatic carbocycles. The number of halogens is 3. The normalized spacial score (nSPS) is 10.8. The minimum absolute atomic E-state index is 0.136. The molecular weight excluding hydrogens is 197 g/mol. The topological polar surface area (TPSA) is 42.3 Å². The fraction of sp³-hybridized carbons (Fsp3) is 0.250. The highest BCUT2D eigenvalue weighted by molar-refractivity contribution is 5.35. The second-order valence-corrected chi connectivity index (χ2v) is 2.44. The van der Waals surface area contributed by atoms with Crippen molar-refractivity contribution in [2.45, 2.75) is 12.7 Å². The molecule has 0 aliphatic rings. The average Bonchev–Trinajstić information content (AvgIpc) is 2.14. The van der Waals surface area contributed by atoms with E-state index in [0.29, 0.717) is 0 Å². The van der Waals surface area contributed by atoms with Crippen LogP contribution in [0.15, 0.2) is 23.5 Å². The van der Waals surface area contributed by atoms with Crippen LogP contribution in [0.1, 0.15) is 11.1 Å². The highest BCUT2D eigenvalue weighted by atomic mass is 19.4. The van der Waals surface area contributed by atoms with Crippen molar-refractivity contribution >= 4 is 6.08 Å². The highest BCUT2D eigenvalue weighted by Crippen LogP contribution is 2.31. The van der Waals surface area contributed by atoms with Gasteiger partial charge in [0.1, 0.15) is 0 Å². The maximum Gasteiger partial charge on any atom is 0.416 e. The molecule has 0 saturated carbocycles. The van der Waals surface area contributed by atoms with Crippen LogP contribution in [-0.4, -0.2) is 11.1 Å². The Balaban J connectivity index is 3.09. The van der Waals surface area contributed by atoms with E-state index in [0.717, 1.165) is 18.5 Å². The number of aliphatic imine (C=N–C) groups is 1. The Labute approximate surface area is 77.3 Å². The zero-order valence-electron chi connectivity index (χ0n) is 6.88. The van der Waals surface area contributed by atoms with Crippen LogP contribution in [0.3, 0.4) is 0 Å². The van der Waals surface area contributed by atoms with Crippen LogP contribution in [-0.2, 0) is 17.5 Å². The van der Waals surface area contributed by atoms with E-state index in [1.165, 1.54) is 6.08 Å². The molecule has 0 saturated heterocycles. The lowest BCUT2D eigenvalue weighted by atomic mass is 10.1. The minimum Gasteiger partial charge on any atom is -0.264 e. The molecule has 1 heterocycles. The number of rotatable bonds is 2. The summed E-state index contributed by atoms with van der Waals surface area (Å²) >= 11 is 0. The van der Waals surface area contributed by atoms with Crippen LogP contribution >= 0.6 is 0 Å². The van der Waals surface area contributed by atoms with Crippen LogP contribution in [0.25, 0.3) is 0 Å². The highest BCUT2D eigenvalue weighted by Gasteiger charge is 2.32. The molecule has 14 heavy (non-hydrogen) atoms. The summed E-state index contributed by atoms with van der Waals surface area (Å²) in [7, 11) is 0. The smallest absolute Gasteiger partial charge is 0.264 e. The van der Waals surface area contributed by atoms with E-state index in [1.54, 1.807) is 0 Å². The molecule has 0 aliphatic carbocycles. The van der Waals surface area contributed by atoms with E-state index in [1.807, 2.05) is 0 Å². The molecule has 6 heteroatoms. The van der Waals surface area contributed by atoms with Crippen molar-refractivity contribution in [2.24, 2.45) is 4.99 Å². The van der Waals surface area contributed by atoms with Crippen LogP contribution in [0.2, 0.25) is 0 Å². The fourth-order valence-electron chi connectivity index (χ4n) is 0.947. The number of aromatic nitrogens is 1. The summed E-state index contributed by atoms with van der Waals surface area (Å²) in [5, 5.41) is 0. The molecule has 0 N–H and O–H groups in total. The molecule has 0 fully saturated rings. The lowest BCUT2D eigenvalue weighted by molar-refractivity contribution is -0.138. The Morgan fingerprint density at radius 1 is 1.50 bits per heavy atom. The molecule has 0 radical (unpaired) electrons. The van der Waals surface area contributed by atoms with Crippen LogP contribution in [0.5, 0.6) is 0 Å². The Bertz CT molecular complexity index is 369. The summed E-state index contributed by atoms with van der Waals surface area (Å²) in [5.74, 6) is 0. The predicted molar refractivity (Wildman–Crippen MR) is 41.1 cm³/mol. The molecule has 1 aromatic heterocycles. The van der Waals surface area contributed by atoms with Gasteiger partial charge >= 0.3 is 6.18 Å². The lowest BCUT2D eigenvalue weighted by Gasteiger charge is -2.09. The number of isocyanates is 1. The number of alkyl halides is 3. The summed E-state index contributed by atoms with van der Waals surface area (Å²) in [5.41, 5.74) is -0.963. The molecule has 0 spiro atoms. The lowest BCUT2D eigenvalue weighted by Crippen LogP contribution is -2.09. The molecular formula is C8H5F3N2O. The van der Waals surface area contributed by atoms with Gasteiger partial charge in [0.25, 0.3) is 0 Å². The van der Waals surface area contributed by atoms with Crippen LogP contribution < -0.4 is 0 Å². The molecule has 0 bridgehead atoms. The molecule has 0 atom stereocenters. The molecule has 74 valence electrons. The fourth-order valence-corrected chi connectivity index (χ4v) is 0.947. The minimum atomic E-state index is -4.45. The summed E-state index contributed by atoms with van der Waals surface area (Å²) < 4.78 is 36.9. The Morgan fingerprint density at radius 2 is 2.21 bits per heavy atom. The van der Waals surface area contributed by atoms with E-state index >= 15 is 0 Å². The number of pyridine rings is 1. The SMILES string of the molecule is O=C=NCc1cnccc1C(F)(F)F. The third kappa shape index (κ3) is 2.40. The maximum absolute atomic E-state index is 12.3. The second-order valence-electron chi connectivity index (χ2n) is 2.44. The van der Waals surface area contributed by atoms with E-state index in [-0.39, 0.29) is 12.1 Å². The van der Waals surface area contributed by atoms with Crippen molar-refractivity contribution in [3.05, 3.63) is 29.6 Å². The average molecular weight is 202 g/mol. The number of carbonyl (C=O) groups excluding carboxylic acids is 1. The standard InChI is InChI=1S/C8H5F3N2O/c9-8(10,11)7-1-2-12-3-6(7)4-13-5-14/h1-3H,4H2. The monoisotopic (exact) mass is 202 g/mol. The Morgan fingerprint density at radius 3 is 2.79 bits per heavy atom. The van der Waals surface area contributed by atoms with Gasteiger partial charge in [-0.1, -0.05) is 0 Å². The Kier molecular flexibility index (Phi) is 2.99. The first-order valence-corrected chi connectivity index (χ1v) is 3.59. The van der Waals surface area contributed by atoms with Gasteiger partial charge in [-0.3, -0.25) is 4.98 Å². The van der Waals surface area contributed by atoms with Gasteiger partial charge in [0.2, 0.25) is 6.08 Å². The largest absolute Gasteiger partial charge is 0.416 e. The predicted octanol–water partition coefficient (Wildman–Crippen LogP) is 1.94. The van der Waals surface area contributed by atoms with E-state index in [9.17, 15) is 18.0 Å². The number of hydrogen-bond donors (Lipinski definition) is 0. The Hall–Kier alpha value is -1.68. The van der Waals surface area contributed by atoms with E-state index in [2.05, 4.69) is 9.98 Å². The third-order valence-electron chi connectivity index (χ3n) is 1.52. The first-order chi connectivity index (χ1) is 6.55. The van der Waals surface area contributed by atoms with E-state index in [4.69, 9.17) is 0 Å². The zero-order valence-corrected chi connectivity index (χ0v) is 6.88. The maximum atomic E-state index is 12.3. The van der Waals surface area contributed by atoms with Gasteiger partial charge in [-0.2, -0.15) is 13.2 Å². The summed E-state index contributed by atoms with van der Waals surface area (Å²) in [6.45, 7) is -0.355. The zero-order chi connectivity index (χ0) is 10.6. The first kappa shape index (κ1) is 10.4. The molecule has 3 nitrogen and oxygen atoms in total. The molecule has 1 rings (SSSR count). The quantitative estimate of drug-likeness (QED) is 0.543. The van der Waals surface area contributed by atoms with Crippen molar-refractivity contribution in [3.8, 4) is 0 Å². The van der Waals surface area contributed by atoms with Crippen molar-refractivity contribution in [3.63, 3.8) is 0 Å². The van der Waals surface area contributed by atoms with Crippen LogP contribution in [0.4, 0.5) is 13.2 Å². The number of hydrogen-bond acceptors (Lipinski definition) is 3. The van der Waals surface area contributed by atoms with Crippen molar-refractivity contribution < 1.29 is 18.0 Å². The molecule has 0 amide bonds. The van der Waals surface area contributed by atoms with Gasteiger partial charge in [-0.05, 0) is 6.07 Å². The molecule has 0 aliphatic heterocycles. The van der Waals surface area contributed by atoms with Gasteiger partial charge in [-0.15, -0.1) is 0 Å². The summed E-state index contributed by atoms with van der Waals surface area (Å²) in [4.78, 5) is 16.3. The molecule has 1 aromatic rings. The van der Waals surface area contributed by atoms with E-state index < -0.39 is 11.7 Å². The summed E-state index contributed by atoms with van der Waals surface area (Å²) in [6.07, 6.45) is -1.20. The van der Waals surface area contributed by atoms with Gasteiger partial charge in [0, 0.05) is 18.0 Å². The van der Waals surface area contributed by atoms with Crippen molar-refractivity contribution in [1.82, 2.24) is 4.98 Å². The third-order valence-corrected chi connectivity index (χ3v) is 1.52. The van der Waals surface area contributed by atoms with Gasteiger partial charge in [0.15, 0.2) is 0 Å². The second kappa shape index (κ2) is 4.02. The van der Waals surface area contributed by atoms with Gasteiger partial charge < -0.3 is 0 Å².